The summed E-state index contributed by atoms with van der Waals surface area (Å²) in [7, 11) is -17.7. The van der Waals surface area contributed by atoms with Crippen LogP contribution in [0.2, 0.25) is 0 Å². The van der Waals surface area contributed by atoms with Crippen LogP contribution in [0.4, 0.5) is 57.7 Å². The van der Waals surface area contributed by atoms with Crippen LogP contribution >= 0.6 is 0 Å². The highest BCUT2D eigenvalue weighted by Crippen LogP contribution is 2.29. The summed E-state index contributed by atoms with van der Waals surface area (Å²) in [6.07, 6.45) is 0.500. The third-order valence-corrected chi connectivity index (χ3v) is 11.7. The molecule has 0 radical (unpaired) electrons. The number of hydrogen-bond donors (Lipinski definition) is 10. The molecule has 320 valence electrons. The quantitative estimate of drug-likeness (QED) is 0.0362. The van der Waals surface area contributed by atoms with E-state index in [0.717, 1.165) is 0 Å². The average Bonchev–Trinajstić information content (AvgIpc) is 3.17. The van der Waals surface area contributed by atoms with Crippen LogP contribution in [0.5, 0.6) is 0 Å². The van der Waals surface area contributed by atoms with Crippen molar-refractivity contribution in [1.29, 1.82) is 0 Å². The van der Waals surface area contributed by atoms with E-state index in [2.05, 4.69) is 46.9 Å². The van der Waals surface area contributed by atoms with Gasteiger partial charge in [0, 0.05) is 52.9 Å². The van der Waals surface area contributed by atoms with Crippen LogP contribution in [0.3, 0.4) is 0 Å². The fraction of sp³-hybridized carbons (Fsp3) is 0.0833. The van der Waals surface area contributed by atoms with Gasteiger partial charge < -0.3 is 31.9 Å². The van der Waals surface area contributed by atoms with Crippen molar-refractivity contribution in [3.05, 3.63) is 115 Å². The lowest BCUT2D eigenvalue weighted by Gasteiger charge is -2.15. The number of anilines is 10. The highest BCUT2D eigenvalue weighted by Gasteiger charge is 2.14. The van der Waals surface area contributed by atoms with Gasteiger partial charge in [0.05, 0.1) is 19.6 Å². The number of hydrogen-bond acceptors (Lipinski definition) is 17. The smallest absolute Gasteiger partial charge is 0.294 e. The first-order valence-electron chi connectivity index (χ1n) is 17.4. The summed E-state index contributed by atoms with van der Waals surface area (Å²) in [6.45, 7) is 0.731. The van der Waals surface area contributed by atoms with E-state index in [4.69, 9.17) is 0 Å². The summed E-state index contributed by atoms with van der Waals surface area (Å²) >= 11 is 0. The molecule has 0 aliphatic heterocycles. The highest BCUT2D eigenvalue weighted by atomic mass is 32.2. The molecule has 0 aliphatic rings. The van der Waals surface area contributed by atoms with E-state index < -0.39 is 40.5 Å². The lowest BCUT2D eigenvalue weighted by atomic mass is 10.2. The van der Waals surface area contributed by atoms with E-state index in [1.54, 1.807) is 18.2 Å². The maximum Gasteiger partial charge on any atom is 0.294 e. The van der Waals surface area contributed by atoms with Crippen molar-refractivity contribution in [3.8, 4) is 0 Å². The van der Waals surface area contributed by atoms with Gasteiger partial charge in [0.2, 0.25) is 17.8 Å². The zero-order valence-electron chi connectivity index (χ0n) is 31.1. The number of aromatic nitrogens is 3. The topological polar surface area (TPSA) is 328 Å². The molecule has 0 atom stereocenters. The first-order chi connectivity index (χ1) is 28.7. The van der Waals surface area contributed by atoms with Gasteiger partial charge in [-0.2, -0.15) is 48.6 Å². The van der Waals surface area contributed by atoms with Gasteiger partial charge in [-0.25, -0.2) is 0 Å². The molecular formula is C36H35N9O12S4. The van der Waals surface area contributed by atoms with E-state index in [1.165, 1.54) is 97.1 Å². The predicted molar refractivity (Wildman–Crippen MR) is 226 cm³/mol. The predicted octanol–water partition coefficient (Wildman–Crippen LogP) is 5.75. The van der Waals surface area contributed by atoms with Gasteiger partial charge >= 0.3 is 0 Å². The van der Waals surface area contributed by atoms with Crippen LogP contribution in [0, 0.1) is 0 Å². The number of nitrogens with zero attached hydrogens (tertiary/aromatic N) is 3. The van der Waals surface area contributed by atoms with E-state index in [1.807, 2.05) is 0 Å². The standard InChI is InChI=1S/C36H35N9O12S4/c46-58(47,48)30-10-2-23(3-11-30)39-28-20-27(21-29(22-28)40-24-4-12-31(13-5-24)59(49,50)51)37-18-1-19-38-34-43-35(41-25-6-14-32(15-7-25)60(52,53)54)45-36(44-34)42-26-8-16-33(17-9-26)61(55,56)57/h2-17,20-22,37,39-40H,1,18-19H2,(H,46,47,48)(H,49,50,51)(H,52,53,54)(H,55,56,57)(H3,38,41,42,43,44,45). The molecule has 0 unspecified atom stereocenters. The molecule has 0 fully saturated rings. The summed E-state index contributed by atoms with van der Waals surface area (Å²) < 4.78 is 129. The molecule has 0 aliphatic carbocycles. The van der Waals surface area contributed by atoms with E-state index >= 15 is 0 Å². The molecule has 10 N–H and O–H groups in total. The number of benzene rings is 5. The van der Waals surface area contributed by atoms with E-state index in [0.29, 0.717) is 59.3 Å². The maximum atomic E-state index is 11.5. The number of rotatable bonds is 18. The Balaban J connectivity index is 1.16. The molecular weight excluding hydrogens is 879 g/mol. The second kappa shape index (κ2) is 18.0. The van der Waals surface area contributed by atoms with Crippen LogP contribution in [0.15, 0.2) is 135 Å². The monoisotopic (exact) mass is 913 g/mol. The van der Waals surface area contributed by atoms with Gasteiger partial charge in [-0.1, -0.05) is 0 Å². The first kappa shape index (κ1) is 44.1. The molecule has 21 nitrogen and oxygen atoms in total. The third-order valence-electron chi connectivity index (χ3n) is 8.23. The fourth-order valence-electron chi connectivity index (χ4n) is 5.39. The minimum atomic E-state index is -4.43. The Morgan fingerprint density at radius 1 is 0.344 bits per heavy atom. The van der Waals surface area contributed by atoms with Gasteiger partial charge in [0.1, 0.15) is 0 Å². The van der Waals surface area contributed by atoms with Crippen molar-refractivity contribution in [2.75, 3.05) is 45.0 Å². The summed E-state index contributed by atoms with van der Waals surface area (Å²) in [5.41, 5.74) is 3.50. The van der Waals surface area contributed by atoms with Crippen LogP contribution in [0.1, 0.15) is 6.42 Å². The minimum absolute atomic E-state index is 0.0249. The highest BCUT2D eigenvalue weighted by molar-refractivity contribution is 7.86. The van der Waals surface area contributed by atoms with Crippen molar-refractivity contribution in [2.45, 2.75) is 26.0 Å². The molecule has 25 heteroatoms. The van der Waals surface area contributed by atoms with E-state index in [-0.39, 0.29) is 37.4 Å². The molecule has 0 spiro atoms. The van der Waals surface area contributed by atoms with Crippen molar-refractivity contribution in [2.24, 2.45) is 0 Å². The Hall–Kier alpha value is -6.45. The van der Waals surface area contributed by atoms with Crippen LogP contribution in [-0.4, -0.2) is 79.9 Å². The van der Waals surface area contributed by atoms with Gasteiger partial charge in [-0.15, -0.1) is 0 Å². The molecule has 1 heterocycles. The van der Waals surface area contributed by atoms with Crippen molar-refractivity contribution < 1.29 is 51.9 Å². The molecule has 1 aromatic heterocycles. The molecule has 0 saturated carbocycles. The third kappa shape index (κ3) is 12.8. The summed E-state index contributed by atoms with van der Waals surface area (Å²) in [4.78, 5) is 11.9. The first-order valence-corrected chi connectivity index (χ1v) is 23.2. The van der Waals surface area contributed by atoms with Gasteiger partial charge in [-0.3, -0.25) is 18.2 Å². The normalized spacial score (nSPS) is 12.0. The Kier molecular flexibility index (Phi) is 13.0. The summed E-state index contributed by atoms with van der Waals surface area (Å²) in [5, 5.41) is 18.6. The maximum absolute atomic E-state index is 11.5. The molecule has 0 bridgehead atoms. The minimum Gasteiger partial charge on any atom is -0.385 e. The van der Waals surface area contributed by atoms with Gasteiger partial charge in [0.15, 0.2) is 0 Å². The van der Waals surface area contributed by atoms with Gasteiger partial charge in [-0.05, 0) is 122 Å². The van der Waals surface area contributed by atoms with Crippen LogP contribution < -0.4 is 31.9 Å². The van der Waals surface area contributed by atoms with Crippen molar-refractivity contribution in [1.82, 2.24) is 15.0 Å². The van der Waals surface area contributed by atoms with Crippen molar-refractivity contribution in [3.63, 3.8) is 0 Å². The van der Waals surface area contributed by atoms with E-state index in [9.17, 15) is 51.9 Å². The van der Waals surface area contributed by atoms with Gasteiger partial charge in [0.25, 0.3) is 40.5 Å². The summed E-state index contributed by atoms with van der Waals surface area (Å²) in [6, 6.07) is 26.4. The Morgan fingerprint density at radius 2 is 0.623 bits per heavy atom. The average molecular weight is 914 g/mol. The molecule has 5 aromatic carbocycles. The molecule has 0 saturated heterocycles. The van der Waals surface area contributed by atoms with Crippen LogP contribution in [-0.2, 0) is 40.5 Å². The van der Waals surface area contributed by atoms with Crippen LogP contribution in [0.25, 0.3) is 0 Å². The SMILES string of the molecule is O=S(=O)(O)c1ccc(Nc2cc(NCCCNc3nc(Nc4ccc(S(=O)(=O)O)cc4)nc(Nc4ccc(S(=O)(=O)O)cc4)n3)cc(Nc3ccc(S(=O)(=O)O)cc3)c2)cc1. The Bertz CT molecular complexity index is 2580. The Labute approximate surface area is 349 Å². The lowest BCUT2D eigenvalue weighted by Crippen LogP contribution is -2.13. The zero-order valence-corrected chi connectivity index (χ0v) is 34.4. The van der Waals surface area contributed by atoms with Crippen molar-refractivity contribution >= 4 is 98.1 Å². The second-order valence-electron chi connectivity index (χ2n) is 12.8. The lowest BCUT2D eigenvalue weighted by molar-refractivity contribution is 0.481. The fourth-order valence-corrected chi connectivity index (χ4v) is 7.31. The summed E-state index contributed by atoms with van der Waals surface area (Å²) in [5.74, 6) is 0.163. The molecule has 6 aromatic rings. The second-order valence-corrected chi connectivity index (χ2v) is 18.5. The molecule has 6 rings (SSSR count). The molecule has 0 amide bonds. The zero-order chi connectivity index (χ0) is 44.0. The molecule has 61 heavy (non-hydrogen) atoms. The number of nitrogens with one attached hydrogen (secondary N) is 6. The Morgan fingerprint density at radius 3 is 0.951 bits per heavy atom. The largest absolute Gasteiger partial charge is 0.385 e.